The maximum absolute atomic E-state index is 12.6. The van der Waals surface area contributed by atoms with E-state index in [2.05, 4.69) is 24.1 Å². The topological polar surface area (TPSA) is 24.9 Å². The van der Waals surface area contributed by atoms with Gasteiger partial charge in [0.15, 0.2) is 0 Å². The van der Waals surface area contributed by atoms with Crippen LogP contribution in [-0.2, 0) is 0 Å². The fourth-order valence-electron chi connectivity index (χ4n) is 0.980. The van der Waals surface area contributed by atoms with Gasteiger partial charge < -0.3 is 5.32 Å². The fraction of sp³-hybridized carbons (Fsp3) is 0.500. The van der Waals surface area contributed by atoms with Crippen LogP contribution in [-0.4, -0.2) is 22.5 Å². The molecule has 0 aliphatic heterocycles. The van der Waals surface area contributed by atoms with E-state index in [1.807, 2.05) is 11.8 Å². The summed E-state index contributed by atoms with van der Waals surface area (Å²) in [5, 5.41) is 3.71. The normalized spacial score (nSPS) is 10.6. The zero-order valence-electron chi connectivity index (χ0n) is 8.46. The van der Waals surface area contributed by atoms with Gasteiger partial charge in [-0.25, -0.2) is 4.98 Å². The lowest BCUT2D eigenvalue weighted by atomic mass is 10.4. The summed E-state index contributed by atoms with van der Waals surface area (Å²) in [4.78, 5) is 3.70. The molecule has 1 aromatic heterocycles. The van der Waals surface area contributed by atoms with Crippen LogP contribution in [0.4, 0.5) is 10.2 Å². The zero-order valence-corrected chi connectivity index (χ0v) is 9.27. The second kappa shape index (κ2) is 5.86. The van der Waals surface area contributed by atoms with Gasteiger partial charge >= 0.3 is 0 Å². The molecule has 0 aliphatic rings. The molecule has 0 bridgehead atoms. The van der Waals surface area contributed by atoms with E-state index in [1.165, 1.54) is 6.07 Å². The van der Waals surface area contributed by atoms with Gasteiger partial charge in [0.05, 0.1) is 0 Å². The van der Waals surface area contributed by atoms with Gasteiger partial charge in [-0.05, 0) is 17.4 Å². The first-order valence-electron chi connectivity index (χ1n) is 4.66. The van der Waals surface area contributed by atoms with Gasteiger partial charge in [0, 0.05) is 12.3 Å². The average molecular weight is 214 g/mol. The summed E-state index contributed by atoms with van der Waals surface area (Å²) in [5.74, 6) is 1.18. The molecule has 0 spiro atoms. The number of halogens is 1. The van der Waals surface area contributed by atoms with Crippen molar-refractivity contribution >= 4 is 17.6 Å². The highest BCUT2D eigenvalue weighted by Gasteiger charge is 1.96. The van der Waals surface area contributed by atoms with Gasteiger partial charge in [-0.3, -0.25) is 0 Å². The summed E-state index contributed by atoms with van der Waals surface area (Å²) in [6.07, 6.45) is 0. The zero-order chi connectivity index (χ0) is 10.4. The number of nitrogens with one attached hydrogen (secondary N) is 1. The van der Waals surface area contributed by atoms with Crippen LogP contribution in [0.15, 0.2) is 18.2 Å². The monoisotopic (exact) mass is 214 g/mol. The summed E-state index contributed by atoms with van der Waals surface area (Å²) < 4.78 is 12.6. The first kappa shape index (κ1) is 11.3. The Morgan fingerprint density at radius 1 is 1.50 bits per heavy atom. The first-order valence-corrected chi connectivity index (χ1v) is 5.71. The second-order valence-electron chi connectivity index (χ2n) is 3.19. The summed E-state index contributed by atoms with van der Waals surface area (Å²) in [5.41, 5.74) is 0. The van der Waals surface area contributed by atoms with Crippen LogP contribution in [0.3, 0.4) is 0 Å². The molecule has 2 nitrogen and oxygen atoms in total. The maximum Gasteiger partial charge on any atom is 0.214 e. The second-order valence-corrected chi connectivity index (χ2v) is 4.88. The van der Waals surface area contributed by atoms with E-state index in [-0.39, 0.29) is 0 Å². The van der Waals surface area contributed by atoms with E-state index in [4.69, 9.17) is 0 Å². The van der Waals surface area contributed by atoms with Crippen LogP contribution in [0.1, 0.15) is 13.8 Å². The number of thioether (sulfide) groups is 1. The predicted molar refractivity (Wildman–Crippen MR) is 60.3 cm³/mol. The van der Waals surface area contributed by atoms with E-state index in [1.54, 1.807) is 12.1 Å². The first-order chi connectivity index (χ1) is 6.68. The number of anilines is 1. The van der Waals surface area contributed by atoms with Crippen molar-refractivity contribution in [1.29, 1.82) is 0 Å². The van der Waals surface area contributed by atoms with E-state index in [0.717, 1.165) is 12.3 Å². The SMILES string of the molecule is CC(C)SCCNc1cccc(F)n1. The smallest absolute Gasteiger partial charge is 0.214 e. The number of hydrogen-bond acceptors (Lipinski definition) is 3. The molecule has 1 aromatic rings. The van der Waals surface area contributed by atoms with Crippen molar-refractivity contribution < 1.29 is 4.39 Å². The van der Waals surface area contributed by atoms with E-state index < -0.39 is 5.95 Å². The minimum Gasteiger partial charge on any atom is -0.369 e. The van der Waals surface area contributed by atoms with Crippen LogP contribution in [0.2, 0.25) is 0 Å². The summed E-state index contributed by atoms with van der Waals surface area (Å²) >= 11 is 1.87. The molecular weight excluding hydrogens is 199 g/mol. The van der Waals surface area contributed by atoms with Gasteiger partial charge in [0.25, 0.3) is 0 Å². The molecule has 14 heavy (non-hydrogen) atoms. The number of nitrogens with zero attached hydrogens (tertiary/aromatic N) is 1. The Morgan fingerprint density at radius 3 is 2.93 bits per heavy atom. The lowest BCUT2D eigenvalue weighted by Gasteiger charge is -2.06. The van der Waals surface area contributed by atoms with Gasteiger partial charge in [-0.2, -0.15) is 16.2 Å². The van der Waals surface area contributed by atoms with E-state index >= 15 is 0 Å². The molecule has 0 amide bonds. The Bertz CT molecular complexity index is 279. The third-order valence-corrected chi connectivity index (χ3v) is 2.68. The minimum absolute atomic E-state index is 0.438. The molecule has 4 heteroatoms. The highest BCUT2D eigenvalue weighted by atomic mass is 32.2. The third-order valence-electron chi connectivity index (χ3n) is 1.57. The molecule has 1 rings (SSSR count). The van der Waals surface area contributed by atoms with Crippen molar-refractivity contribution in [2.24, 2.45) is 0 Å². The van der Waals surface area contributed by atoms with Crippen molar-refractivity contribution in [2.45, 2.75) is 19.1 Å². The molecule has 1 N–H and O–H groups in total. The molecule has 78 valence electrons. The maximum atomic E-state index is 12.6. The van der Waals surface area contributed by atoms with Gasteiger partial charge in [-0.1, -0.05) is 19.9 Å². The Balaban J connectivity index is 2.25. The van der Waals surface area contributed by atoms with Crippen molar-refractivity contribution in [3.8, 4) is 0 Å². The number of aromatic nitrogens is 1. The van der Waals surface area contributed by atoms with Crippen LogP contribution in [0.25, 0.3) is 0 Å². The van der Waals surface area contributed by atoms with Gasteiger partial charge in [0.2, 0.25) is 5.95 Å². The molecule has 1 heterocycles. The molecule has 0 atom stereocenters. The van der Waals surface area contributed by atoms with Crippen molar-refractivity contribution in [2.75, 3.05) is 17.6 Å². The molecule has 0 radical (unpaired) electrons. The Hall–Kier alpha value is -0.770. The van der Waals surface area contributed by atoms with E-state index in [0.29, 0.717) is 11.1 Å². The predicted octanol–water partition coefficient (Wildman–Crippen LogP) is 2.77. The van der Waals surface area contributed by atoms with Crippen molar-refractivity contribution in [3.05, 3.63) is 24.1 Å². The number of hydrogen-bond donors (Lipinski definition) is 1. The van der Waals surface area contributed by atoms with Crippen molar-refractivity contribution in [3.63, 3.8) is 0 Å². The minimum atomic E-state index is -0.438. The molecule has 0 saturated carbocycles. The summed E-state index contributed by atoms with van der Waals surface area (Å²) in [6, 6.07) is 4.76. The molecule has 0 saturated heterocycles. The largest absolute Gasteiger partial charge is 0.369 e. The van der Waals surface area contributed by atoms with Crippen LogP contribution in [0, 0.1) is 5.95 Å². The molecule has 0 aromatic carbocycles. The van der Waals surface area contributed by atoms with Crippen LogP contribution >= 0.6 is 11.8 Å². The number of pyridine rings is 1. The molecular formula is C10H15FN2S. The van der Waals surface area contributed by atoms with Crippen molar-refractivity contribution in [1.82, 2.24) is 4.98 Å². The highest BCUT2D eigenvalue weighted by Crippen LogP contribution is 2.09. The lowest BCUT2D eigenvalue weighted by Crippen LogP contribution is -2.07. The average Bonchev–Trinajstić information content (AvgIpc) is 2.12. The quantitative estimate of drug-likeness (QED) is 0.602. The van der Waals surface area contributed by atoms with Gasteiger partial charge in [0.1, 0.15) is 5.82 Å². The summed E-state index contributed by atoms with van der Waals surface area (Å²) in [6.45, 7) is 5.13. The summed E-state index contributed by atoms with van der Waals surface area (Å²) in [7, 11) is 0. The van der Waals surface area contributed by atoms with Crippen LogP contribution < -0.4 is 5.32 Å². The Morgan fingerprint density at radius 2 is 2.29 bits per heavy atom. The lowest BCUT2D eigenvalue weighted by molar-refractivity contribution is 0.585. The fourth-order valence-corrected chi connectivity index (χ4v) is 1.67. The standard InChI is InChI=1S/C10H15FN2S/c1-8(2)14-7-6-12-10-5-3-4-9(11)13-10/h3-5,8H,6-7H2,1-2H3,(H,12,13). The van der Waals surface area contributed by atoms with Gasteiger partial charge in [-0.15, -0.1) is 0 Å². The third kappa shape index (κ3) is 4.46. The molecule has 0 fully saturated rings. The Kier molecular flexibility index (Phi) is 4.73. The molecule has 0 unspecified atom stereocenters. The highest BCUT2D eigenvalue weighted by molar-refractivity contribution is 7.99. The molecule has 0 aliphatic carbocycles. The number of rotatable bonds is 5. The Labute approximate surface area is 88.3 Å². The van der Waals surface area contributed by atoms with E-state index in [9.17, 15) is 4.39 Å². The van der Waals surface area contributed by atoms with Crippen LogP contribution in [0.5, 0.6) is 0 Å².